The molecule has 0 saturated heterocycles. The Morgan fingerprint density at radius 2 is 1.65 bits per heavy atom. The largest absolute Gasteiger partial charge is 0.288 e. The van der Waals surface area contributed by atoms with Gasteiger partial charge in [0, 0.05) is 10.0 Å². The Kier molecular flexibility index (Phi) is 4.09. The van der Waals surface area contributed by atoms with Gasteiger partial charge in [0.1, 0.15) is 5.82 Å². The summed E-state index contributed by atoms with van der Waals surface area (Å²) in [5.74, 6) is -0.803. The molecule has 0 spiro atoms. The molecule has 0 aromatic heterocycles. The number of hydrogen-bond acceptors (Lipinski definition) is 1. The molecule has 0 radical (unpaired) electrons. The average molecular weight is 335 g/mol. The van der Waals surface area contributed by atoms with Crippen molar-refractivity contribution in [2.24, 2.45) is 0 Å². The highest BCUT2D eigenvalue weighted by Gasteiger charge is 2.17. The van der Waals surface area contributed by atoms with E-state index < -0.39 is 5.82 Å². The van der Waals surface area contributed by atoms with Gasteiger partial charge in [-0.3, -0.25) is 4.79 Å². The smallest absolute Gasteiger partial charge is 0.196 e. The lowest BCUT2D eigenvalue weighted by molar-refractivity contribution is 0.103. The number of carbonyl (C=O) groups is 1. The summed E-state index contributed by atoms with van der Waals surface area (Å²) in [5, 5.41) is 0. The van der Waals surface area contributed by atoms with E-state index in [9.17, 15) is 9.18 Å². The van der Waals surface area contributed by atoms with Crippen molar-refractivity contribution in [2.45, 2.75) is 26.2 Å². The minimum Gasteiger partial charge on any atom is -0.288 e. The molecule has 0 amide bonds. The molecule has 2 rings (SSSR count). The molecule has 2 aromatic rings. The first-order valence-electron chi connectivity index (χ1n) is 6.39. The summed E-state index contributed by atoms with van der Waals surface area (Å²) in [5.41, 5.74) is 1.75. The van der Waals surface area contributed by atoms with E-state index >= 15 is 0 Å². The lowest BCUT2D eigenvalue weighted by Gasteiger charge is -2.19. The van der Waals surface area contributed by atoms with Gasteiger partial charge in [0.15, 0.2) is 5.78 Å². The van der Waals surface area contributed by atoms with Gasteiger partial charge in [-0.05, 0) is 29.2 Å². The Bertz CT molecular complexity index is 639. The molecule has 0 heterocycles. The van der Waals surface area contributed by atoms with Crippen LogP contribution in [0.3, 0.4) is 0 Å². The summed E-state index contributed by atoms with van der Waals surface area (Å²) in [6.45, 7) is 6.33. The maximum Gasteiger partial charge on any atom is 0.196 e. The van der Waals surface area contributed by atoms with Gasteiger partial charge in [0.05, 0.1) is 5.56 Å². The van der Waals surface area contributed by atoms with Crippen molar-refractivity contribution in [3.8, 4) is 0 Å². The first-order valence-corrected chi connectivity index (χ1v) is 7.18. The second-order valence-electron chi connectivity index (χ2n) is 5.78. The van der Waals surface area contributed by atoms with Crippen LogP contribution in [0.5, 0.6) is 0 Å². The number of hydrogen-bond donors (Lipinski definition) is 0. The summed E-state index contributed by atoms with van der Waals surface area (Å²) >= 11 is 3.26. The monoisotopic (exact) mass is 334 g/mol. The molecule has 0 bridgehead atoms. The van der Waals surface area contributed by atoms with Gasteiger partial charge in [0.2, 0.25) is 0 Å². The van der Waals surface area contributed by atoms with Crippen LogP contribution in [0.15, 0.2) is 46.9 Å². The second kappa shape index (κ2) is 5.49. The number of rotatable bonds is 2. The Balaban J connectivity index is 2.37. The van der Waals surface area contributed by atoms with Gasteiger partial charge in [-0.1, -0.05) is 61.0 Å². The normalized spacial score (nSPS) is 11.4. The zero-order valence-electron chi connectivity index (χ0n) is 11.7. The Hall–Kier alpha value is -1.48. The van der Waals surface area contributed by atoms with Gasteiger partial charge in [0.25, 0.3) is 0 Å². The minimum absolute atomic E-state index is 0.0304. The van der Waals surface area contributed by atoms with Crippen molar-refractivity contribution in [3.05, 3.63) is 69.4 Å². The molecule has 0 aliphatic heterocycles. The molecule has 0 aliphatic rings. The lowest BCUT2D eigenvalue weighted by Crippen LogP contribution is -2.11. The Labute approximate surface area is 127 Å². The molecule has 0 saturated carbocycles. The number of benzene rings is 2. The van der Waals surface area contributed by atoms with Crippen LogP contribution >= 0.6 is 15.9 Å². The molecular weight excluding hydrogens is 319 g/mol. The van der Waals surface area contributed by atoms with E-state index in [1.807, 2.05) is 12.1 Å². The fourth-order valence-electron chi connectivity index (χ4n) is 1.95. The Morgan fingerprint density at radius 3 is 2.20 bits per heavy atom. The zero-order valence-corrected chi connectivity index (χ0v) is 13.3. The third-order valence-corrected chi connectivity index (χ3v) is 3.68. The highest BCUT2D eigenvalue weighted by Crippen LogP contribution is 2.24. The Morgan fingerprint density at radius 1 is 1.05 bits per heavy atom. The summed E-state index contributed by atoms with van der Waals surface area (Å²) in [7, 11) is 0. The summed E-state index contributed by atoms with van der Waals surface area (Å²) in [6.07, 6.45) is 0. The predicted octanol–water partition coefficient (Wildman–Crippen LogP) is 5.12. The summed E-state index contributed by atoms with van der Waals surface area (Å²) in [4.78, 5) is 12.3. The quantitative estimate of drug-likeness (QED) is 0.697. The molecule has 2 aromatic carbocycles. The molecule has 0 aliphatic carbocycles. The molecule has 104 valence electrons. The summed E-state index contributed by atoms with van der Waals surface area (Å²) < 4.78 is 14.4. The van der Waals surface area contributed by atoms with Crippen LogP contribution in [0, 0.1) is 5.82 Å². The number of ketones is 1. The van der Waals surface area contributed by atoms with Crippen molar-refractivity contribution in [1.82, 2.24) is 0 Å². The van der Waals surface area contributed by atoms with E-state index in [-0.39, 0.29) is 16.8 Å². The topological polar surface area (TPSA) is 17.1 Å². The zero-order chi connectivity index (χ0) is 14.9. The van der Waals surface area contributed by atoms with Crippen LogP contribution in [0.25, 0.3) is 0 Å². The van der Waals surface area contributed by atoms with Crippen LogP contribution in [-0.2, 0) is 5.41 Å². The fourth-order valence-corrected chi connectivity index (χ4v) is 2.31. The van der Waals surface area contributed by atoms with E-state index in [0.717, 1.165) is 5.56 Å². The van der Waals surface area contributed by atoms with E-state index in [2.05, 4.69) is 36.7 Å². The standard InChI is InChI=1S/C17H16BrFO/c1-17(2,3)12-6-4-11(5-7-12)16(20)14-10-13(18)8-9-15(14)19/h4-10H,1-3H3. The van der Waals surface area contributed by atoms with E-state index in [4.69, 9.17) is 0 Å². The van der Waals surface area contributed by atoms with Crippen LogP contribution < -0.4 is 0 Å². The average Bonchev–Trinajstić information content (AvgIpc) is 2.40. The molecule has 0 unspecified atom stereocenters. The SMILES string of the molecule is CC(C)(C)c1ccc(C(=O)c2cc(Br)ccc2F)cc1. The van der Waals surface area contributed by atoms with Crippen molar-refractivity contribution in [2.75, 3.05) is 0 Å². The second-order valence-corrected chi connectivity index (χ2v) is 6.70. The van der Waals surface area contributed by atoms with Gasteiger partial charge in [-0.2, -0.15) is 0 Å². The van der Waals surface area contributed by atoms with Crippen molar-refractivity contribution in [1.29, 1.82) is 0 Å². The van der Waals surface area contributed by atoms with Crippen LogP contribution in [0.4, 0.5) is 4.39 Å². The molecule has 0 atom stereocenters. The van der Waals surface area contributed by atoms with Crippen LogP contribution in [-0.4, -0.2) is 5.78 Å². The third-order valence-electron chi connectivity index (χ3n) is 3.19. The number of carbonyl (C=O) groups excluding carboxylic acids is 1. The molecular formula is C17H16BrFO. The molecule has 0 N–H and O–H groups in total. The lowest BCUT2D eigenvalue weighted by atomic mass is 9.86. The third kappa shape index (κ3) is 3.15. The van der Waals surface area contributed by atoms with E-state index in [1.54, 1.807) is 18.2 Å². The predicted molar refractivity (Wildman–Crippen MR) is 82.7 cm³/mol. The molecule has 20 heavy (non-hydrogen) atoms. The first kappa shape index (κ1) is 14.9. The highest BCUT2D eigenvalue weighted by molar-refractivity contribution is 9.10. The van der Waals surface area contributed by atoms with Gasteiger partial charge in [-0.15, -0.1) is 0 Å². The minimum atomic E-state index is -0.502. The van der Waals surface area contributed by atoms with Crippen LogP contribution in [0.2, 0.25) is 0 Å². The fraction of sp³-hybridized carbons (Fsp3) is 0.235. The maximum atomic E-state index is 13.7. The summed E-state index contributed by atoms with van der Waals surface area (Å²) in [6, 6.07) is 11.7. The number of halogens is 2. The van der Waals surface area contributed by atoms with E-state index in [1.165, 1.54) is 12.1 Å². The molecule has 1 nitrogen and oxygen atoms in total. The van der Waals surface area contributed by atoms with Crippen LogP contribution in [0.1, 0.15) is 42.3 Å². The van der Waals surface area contributed by atoms with Crippen molar-refractivity contribution in [3.63, 3.8) is 0 Å². The van der Waals surface area contributed by atoms with Gasteiger partial charge < -0.3 is 0 Å². The van der Waals surface area contributed by atoms with Gasteiger partial charge >= 0.3 is 0 Å². The van der Waals surface area contributed by atoms with Crippen molar-refractivity contribution < 1.29 is 9.18 Å². The van der Waals surface area contributed by atoms with E-state index in [0.29, 0.717) is 10.0 Å². The molecule has 0 fully saturated rings. The highest BCUT2D eigenvalue weighted by atomic mass is 79.9. The van der Waals surface area contributed by atoms with Crippen molar-refractivity contribution >= 4 is 21.7 Å². The maximum absolute atomic E-state index is 13.7. The molecule has 3 heteroatoms. The first-order chi connectivity index (χ1) is 9.29. The van der Waals surface area contributed by atoms with Gasteiger partial charge in [-0.25, -0.2) is 4.39 Å².